The highest BCUT2D eigenvalue weighted by atomic mass is 14.2. The second kappa shape index (κ2) is 5.56. The Bertz CT molecular complexity index is 503. The summed E-state index contributed by atoms with van der Waals surface area (Å²) in [4.78, 5) is 0. The summed E-state index contributed by atoms with van der Waals surface area (Å²) < 4.78 is 0. The molecule has 0 N–H and O–H groups in total. The third-order valence-corrected chi connectivity index (χ3v) is 3.80. The zero-order valence-corrected chi connectivity index (χ0v) is 11.6. The molecule has 2 aromatic carbocycles. The van der Waals surface area contributed by atoms with Crippen LogP contribution in [-0.2, 0) is 6.42 Å². The molecule has 0 atom stereocenters. The van der Waals surface area contributed by atoms with Crippen molar-refractivity contribution in [3.8, 4) is 0 Å². The van der Waals surface area contributed by atoms with Gasteiger partial charge in [-0.15, -0.1) is 0 Å². The summed E-state index contributed by atoms with van der Waals surface area (Å²) in [6.07, 6.45) is 4.63. The number of aryl methyl sites for hydroxylation is 1. The van der Waals surface area contributed by atoms with Crippen LogP contribution < -0.4 is 0 Å². The fourth-order valence-electron chi connectivity index (χ4n) is 2.59. The number of hydrogen-bond acceptors (Lipinski definition) is 0. The van der Waals surface area contributed by atoms with Crippen molar-refractivity contribution in [2.75, 3.05) is 0 Å². The molecule has 95 valence electrons. The first-order valence-corrected chi connectivity index (χ1v) is 6.88. The molecule has 0 amide bonds. The van der Waals surface area contributed by atoms with Crippen molar-refractivity contribution in [1.29, 1.82) is 0 Å². The number of benzene rings is 2. The van der Waals surface area contributed by atoms with Gasteiger partial charge in [-0.3, -0.25) is 0 Å². The van der Waals surface area contributed by atoms with Gasteiger partial charge in [-0.25, -0.2) is 0 Å². The second-order valence-electron chi connectivity index (χ2n) is 5.91. The van der Waals surface area contributed by atoms with E-state index in [2.05, 4.69) is 63.2 Å². The predicted octanol–water partition coefficient (Wildman–Crippen LogP) is 5.41. The summed E-state index contributed by atoms with van der Waals surface area (Å²) in [5.74, 6) is 0. The van der Waals surface area contributed by atoms with E-state index >= 15 is 0 Å². The van der Waals surface area contributed by atoms with E-state index in [1.807, 2.05) is 0 Å². The topological polar surface area (TPSA) is 0 Å². The Kier molecular flexibility index (Phi) is 4.06. The first-order valence-electron chi connectivity index (χ1n) is 6.88. The van der Waals surface area contributed by atoms with Crippen molar-refractivity contribution in [3.63, 3.8) is 0 Å². The SMILES string of the molecule is [CH2]CCC(C)(C)CCc1cccc2ccccc12. The molecule has 0 aliphatic heterocycles. The van der Waals surface area contributed by atoms with Gasteiger partial charge >= 0.3 is 0 Å². The Morgan fingerprint density at radius 2 is 1.67 bits per heavy atom. The lowest BCUT2D eigenvalue weighted by Gasteiger charge is -2.24. The van der Waals surface area contributed by atoms with Crippen LogP contribution in [0.15, 0.2) is 42.5 Å². The lowest BCUT2D eigenvalue weighted by molar-refractivity contribution is 0.310. The Balaban J connectivity index is 2.17. The molecule has 0 heteroatoms. The maximum atomic E-state index is 3.98. The van der Waals surface area contributed by atoms with E-state index in [1.54, 1.807) is 0 Å². The van der Waals surface area contributed by atoms with Gasteiger partial charge in [0, 0.05) is 0 Å². The van der Waals surface area contributed by atoms with E-state index in [-0.39, 0.29) is 0 Å². The molecule has 0 bridgehead atoms. The molecule has 0 aromatic heterocycles. The van der Waals surface area contributed by atoms with Crippen molar-refractivity contribution in [3.05, 3.63) is 55.0 Å². The molecule has 18 heavy (non-hydrogen) atoms. The van der Waals surface area contributed by atoms with E-state index in [0.29, 0.717) is 5.41 Å². The minimum atomic E-state index is 0.401. The van der Waals surface area contributed by atoms with Crippen molar-refractivity contribution in [2.24, 2.45) is 5.41 Å². The zero-order valence-electron chi connectivity index (χ0n) is 11.6. The van der Waals surface area contributed by atoms with E-state index in [1.165, 1.54) is 29.2 Å². The predicted molar refractivity (Wildman–Crippen MR) is 80.6 cm³/mol. The fraction of sp³-hybridized carbons (Fsp3) is 0.389. The smallest absolute Gasteiger partial charge is 0.0152 e. The molecule has 1 radical (unpaired) electrons. The minimum absolute atomic E-state index is 0.401. The van der Waals surface area contributed by atoms with Gasteiger partial charge in [-0.1, -0.05) is 69.7 Å². The van der Waals surface area contributed by atoms with Crippen LogP contribution in [0.2, 0.25) is 0 Å². The highest BCUT2D eigenvalue weighted by molar-refractivity contribution is 5.85. The van der Waals surface area contributed by atoms with Gasteiger partial charge in [0.25, 0.3) is 0 Å². The van der Waals surface area contributed by atoms with Crippen LogP contribution in [0.1, 0.15) is 38.7 Å². The molecule has 0 nitrogen and oxygen atoms in total. The second-order valence-corrected chi connectivity index (χ2v) is 5.91. The van der Waals surface area contributed by atoms with E-state index < -0.39 is 0 Å². The van der Waals surface area contributed by atoms with E-state index in [4.69, 9.17) is 0 Å². The van der Waals surface area contributed by atoms with Crippen LogP contribution in [0.25, 0.3) is 10.8 Å². The van der Waals surface area contributed by atoms with Gasteiger partial charge in [-0.05, 0) is 41.0 Å². The Morgan fingerprint density at radius 1 is 0.944 bits per heavy atom. The number of fused-ring (bicyclic) bond motifs is 1. The summed E-state index contributed by atoms with van der Waals surface area (Å²) in [6, 6.07) is 15.3. The van der Waals surface area contributed by atoms with Crippen LogP contribution in [0, 0.1) is 12.3 Å². The highest BCUT2D eigenvalue weighted by Crippen LogP contribution is 2.30. The van der Waals surface area contributed by atoms with Crippen LogP contribution in [0.4, 0.5) is 0 Å². The third kappa shape index (κ3) is 3.13. The lowest BCUT2D eigenvalue weighted by Crippen LogP contribution is -2.12. The van der Waals surface area contributed by atoms with Gasteiger partial charge in [0.2, 0.25) is 0 Å². The first-order chi connectivity index (χ1) is 8.62. The molecule has 0 saturated heterocycles. The number of hydrogen-bond donors (Lipinski definition) is 0. The fourth-order valence-corrected chi connectivity index (χ4v) is 2.59. The van der Waals surface area contributed by atoms with Crippen molar-refractivity contribution >= 4 is 10.8 Å². The van der Waals surface area contributed by atoms with Crippen molar-refractivity contribution in [1.82, 2.24) is 0 Å². The van der Waals surface area contributed by atoms with Gasteiger partial charge in [0.1, 0.15) is 0 Å². The summed E-state index contributed by atoms with van der Waals surface area (Å²) in [6.45, 7) is 8.68. The first kappa shape index (κ1) is 13.1. The van der Waals surface area contributed by atoms with E-state index in [0.717, 1.165) is 12.8 Å². The Morgan fingerprint density at radius 3 is 2.44 bits per heavy atom. The summed E-state index contributed by atoms with van der Waals surface area (Å²) in [7, 11) is 0. The van der Waals surface area contributed by atoms with Crippen LogP contribution in [0.3, 0.4) is 0 Å². The Hall–Kier alpha value is -1.30. The summed E-state index contributed by atoms with van der Waals surface area (Å²) >= 11 is 0. The van der Waals surface area contributed by atoms with E-state index in [9.17, 15) is 0 Å². The molecule has 0 spiro atoms. The van der Waals surface area contributed by atoms with Crippen molar-refractivity contribution < 1.29 is 0 Å². The maximum Gasteiger partial charge on any atom is -0.0152 e. The lowest BCUT2D eigenvalue weighted by atomic mass is 9.82. The molecule has 0 fully saturated rings. The van der Waals surface area contributed by atoms with Gasteiger partial charge in [0.15, 0.2) is 0 Å². The summed E-state index contributed by atoms with van der Waals surface area (Å²) in [5, 5.41) is 2.76. The maximum absolute atomic E-state index is 3.98. The minimum Gasteiger partial charge on any atom is -0.0616 e. The molecule has 0 aliphatic rings. The molecule has 0 saturated carbocycles. The zero-order chi connectivity index (χ0) is 13.0. The molecule has 0 aliphatic carbocycles. The quantitative estimate of drug-likeness (QED) is 0.654. The molecule has 2 rings (SSSR count). The van der Waals surface area contributed by atoms with Gasteiger partial charge in [-0.2, -0.15) is 0 Å². The standard InChI is InChI=1S/C18H23/c1-4-13-18(2,3)14-12-16-10-7-9-15-8-5-6-11-17(15)16/h5-11H,1,4,12-14H2,2-3H3. The molecule has 2 aromatic rings. The largest absolute Gasteiger partial charge is 0.0616 e. The van der Waals surface area contributed by atoms with Crippen LogP contribution in [0.5, 0.6) is 0 Å². The van der Waals surface area contributed by atoms with Gasteiger partial charge < -0.3 is 0 Å². The third-order valence-electron chi connectivity index (χ3n) is 3.80. The normalized spacial score (nSPS) is 11.9. The molecule has 0 unspecified atom stereocenters. The van der Waals surface area contributed by atoms with Crippen molar-refractivity contribution in [2.45, 2.75) is 39.5 Å². The monoisotopic (exact) mass is 239 g/mol. The molecular formula is C18H23. The summed E-state index contributed by atoms with van der Waals surface area (Å²) in [5.41, 5.74) is 1.88. The molecular weight excluding hydrogens is 216 g/mol. The Labute approximate surface area is 111 Å². The van der Waals surface area contributed by atoms with Crippen LogP contribution in [-0.4, -0.2) is 0 Å². The average Bonchev–Trinajstić information content (AvgIpc) is 2.36. The average molecular weight is 239 g/mol. The van der Waals surface area contributed by atoms with Crippen LogP contribution >= 0.6 is 0 Å². The van der Waals surface area contributed by atoms with Gasteiger partial charge in [0.05, 0.1) is 0 Å². The highest BCUT2D eigenvalue weighted by Gasteiger charge is 2.16. The molecule has 0 heterocycles. The number of rotatable bonds is 5.